The van der Waals surface area contributed by atoms with Crippen LogP contribution in [0.25, 0.3) is 0 Å². The third-order valence-corrected chi connectivity index (χ3v) is 2.93. The summed E-state index contributed by atoms with van der Waals surface area (Å²) in [4.78, 5) is 2.35. The number of hydrogen-bond donors (Lipinski definition) is 2. The molecule has 1 fully saturated rings. The van der Waals surface area contributed by atoms with E-state index in [2.05, 4.69) is 17.1 Å². The molecule has 4 nitrogen and oxygen atoms in total. The quantitative estimate of drug-likeness (QED) is 0.553. The van der Waals surface area contributed by atoms with Gasteiger partial charge in [0.2, 0.25) is 0 Å². The van der Waals surface area contributed by atoms with Gasteiger partial charge in [-0.05, 0) is 0 Å². The predicted molar refractivity (Wildman–Crippen MR) is 55.5 cm³/mol. The summed E-state index contributed by atoms with van der Waals surface area (Å²) in [6, 6.07) is 0.368. The molecule has 0 bridgehead atoms. The molecule has 2 N–H and O–H groups in total. The van der Waals surface area contributed by atoms with Gasteiger partial charge in [-0.2, -0.15) is 0 Å². The average molecular weight is 198 g/mol. The Bertz CT molecular complexity index is 180. The van der Waals surface area contributed by atoms with Crippen LogP contribution in [-0.2, 0) is 4.70 Å². The molecular weight excluding hydrogens is 179 g/mol. The molecule has 1 aliphatic heterocycles. The third kappa shape index (κ3) is 3.15. The Balaban J connectivity index is 2.39. The van der Waals surface area contributed by atoms with Crippen molar-refractivity contribution in [1.82, 2.24) is 10.2 Å². The van der Waals surface area contributed by atoms with Gasteiger partial charge < -0.3 is 0 Å². The molecule has 0 aromatic rings. The minimum atomic E-state index is 0.238. The Morgan fingerprint density at radius 3 is 2.93 bits per heavy atom. The van der Waals surface area contributed by atoms with Gasteiger partial charge in [0.05, 0.1) is 0 Å². The zero-order valence-electron chi connectivity index (χ0n) is 8.78. The van der Waals surface area contributed by atoms with Crippen LogP contribution in [0, 0.1) is 5.92 Å². The molecule has 80 valence electrons. The van der Waals surface area contributed by atoms with Crippen LogP contribution in [0.15, 0.2) is 0 Å². The van der Waals surface area contributed by atoms with Crippen molar-refractivity contribution in [3.8, 4) is 0 Å². The van der Waals surface area contributed by atoms with Crippen molar-refractivity contribution in [3.63, 3.8) is 0 Å². The van der Waals surface area contributed by atoms with Crippen LogP contribution in [0.2, 0.25) is 0 Å². The number of nitrogens with zero attached hydrogens (tertiary/aromatic N) is 1. The van der Waals surface area contributed by atoms with Gasteiger partial charge in [0, 0.05) is 0 Å². The van der Waals surface area contributed by atoms with E-state index >= 15 is 0 Å². The summed E-state index contributed by atoms with van der Waals surface area (Å²) in [7, 11) is 0.893. The summed E-state index contributed by atoms with van der Waals surface area (Å²) in [6.45, 7) is 5.45. The molecule has 5 heteroatoms. The number of rotatable bonds is 6. The van der Waals surface area contributed by atoms with E-state index < -0.39 is 0 Å². The van der Waals surface area contributed by atoms with E-state index in [9.17, 15) is 4.70 Å². The summed E-state index contributed by atoms with van der Waals surface area (Å²) >= 11 is 0. The molecule has 1 unspecified atom stereocenters. The topological polar surface area (TPSA) is 52.6 Å². The van der Waals surface area contributed by atoms with Crippen molar-refractivity contribution in [1.29, 1.82) is 0 Å². The van der Waals surface area contributed by atoms with Crippen molar-refractivity contribution in [2.45, 2.75) is 19.4 Å². The molecule has 14 heavy (non-hydrogen) atoms. The Kier molecular flexibility index (Phi) is 5.29. The third-order valence-electron chi connectivity index (χ3n) is 2.93. The van der Waals surface area contributed by atoms with Crippen LogP contribution < -0.4 is 5.32 Å². The molecule has 1 heterocycles. The Labute approximate surface area is 85.9 Å². The molecule has 1 rings (SSSR count). The summed E-state index contributed by atoms with van der Waals surface area (Å²) in [5.74, 6) is 0.486. The van der Waals surface area contributed by atoms with Gasteiger partial charge in [-0.3, -0.25) is 0 Å². The molecule has 0 spiro atoms. The number of aliphatic hydroxyl groups excluding tert-OH is 1. The molecule has 0 radical (unpaired) electrons. The van der Waals surface area contributed by atoms with E-state index in [0.717, 1.165) is 33.2 Å². The fourth-order valence-corrected chi connectivity index (χ4v) is 2.11. The SMILES string of the molecule is CCN1CC(NCB=O)[C@@H](CCO)C1. The molecule has 0 aliphatic carbocycles. The fraction of sp³-hybridized carbons (Fsp3) is 1.00. The second kappa shape index (κ2) is 6.27. The Morgan fingerprint density at radius 2 is 2.36 bits per heavy atom. The zero-order chi connectivity index (χ0) is 10.4. The van der Waals surface area contributed by atoms with Crippen LogP contribution in [0.1, 0.15) is 13.3 Å². The van der Waals surface area contributed by atoms with Crippen LogP contribution in [0.5, 0.6) is 0 Å². The van der Waals surface area contributed by atoms with Gasteiger partial charge in [0.1, 0.15) is 0 Å². The van der Waals surface area contributed by atoms with Crippen LogP contribution in [-0.4, -0.2) is 55.9 Å². The molecule has 0 aromatic carbocycles. The van der Waals surface area contributed by atoms with E-state index in [1.165, 1.54) is 0 Å². The first-order chi connectivity index (χ1) is 6.81. The van der Waals surface area contributed by atoms with Gasteiger partial charge in [0.15, 0.2) is 0 Å². The van der Waals surface area contributed by atoms with E-state index in [1.54, 1.807) is 0 Å². The molecule has 1 aliphatic rings. The van der Waals surface area contributed by atoms with E-state index in [1.807, 2.05) is 0 Å². The number of likely N-dealkylation sites (tertiary alicyclic amines) is 1. The number of likely N-dealkylation sites (N-methyl/N-ethyl adjacent to an activating group) is 1. The zero-order valence-corrected chi connectivity index (χ0v) is 8.78. The summed E-state index contributed by atoms with van der Waals surface area (Å²) in [6.07, 6.45) is 1.25. The Hall–Kier alpha value is -0.255. The van der Waals surface area contributed by atoms with Crippen molar-refractivity contribution >= 4 is 7.15 Å². The van der Waals surface area contributed by atoms with E-state index in [-0.39, 0.29) is 6.61 Å². The Morgan fingerprint density at radius 1 is 1.57 bits per heavy atom. The van der Waals surface area contributed by atoms with Gasteiger partial charge in [-0.1, -0.05) is 0 Å². The van der Waals surface area contributed by atoms with Gasteiger partial charge in [-0.15, -0.1) is 0 Å². The first kappa shape index (κ1) is 11.8. The number of aliphatic hydroxyl groups is 1. The van der Waals surface area contributed by atoms with Crippen molar-refractivity contribution in [3.05, 3.63) is 0 Å². The maximum atomic E-state index is 10.3. The molecule has 2 atom stereocenters. The molecule has 0 amide bonds. The van der Waals surface area contributed by atoms with Crippen molar-refractivity contribution in [2.24, 2.45) is 5.92 Å². The molecule has 0 saturated carbocycles. The standard InChI is InChI=1S/C9H19BN2O2/c1-2-12-5-8(3-4-13)9(6-12)11-7-10-14/h8-9,11,13H,2-7H2,1H3/t8-,9?/m0/s1. The maximum absolute atomic E-state index is 10.3. The van der Waals surface area contributed by atoms with Gasteiger partial charge >= 0.3 is 85.2 Å². The van der Waals surface area contributed by atoms with Crippen LogP contribution >= 0.6 is 0 Å². The van der Waals surface area contributed by atoms with Crippen molar-refractivity contribution in [2.75, 3.05) is 32.7 Å². The normalized spacial score (nSPS) is 27.9. The molecular formula is C9H19BN2O2. The fourth-order valence-electron chi connectivity index (χ4n) is 2.11. The van der Waals surface area contributed by atoms with Crippen molar-refractivity contribution < 1.29 is 9.81 Å². The number of nitrogens with one attached hydrogen (secondary N) is 1. The van der Waals surface area contributed by atoms with Crippen LogP contribution in [0.3, 0.4) is 0 Å². The summed E-state index contributed by atoms with van der Waals surface area (Å²) in [5, 5.41) is 12.1. The van der Waals surface area contributed by atoms with E-state index in [4.69, 9.17) is 5.11 Å². The first-order valence-corrected chi connectivity index (χ1v) is 5.32. The van der Waals surface area contributed by atoms with Gasteiger partial charge in [-0.25, -0.2) is 0 Å². The molecule has 1 saturated heterocycles. The molecule has 0 aromatic heterocycles. The van der Waals surface area contributed by atoms with Gasteiger partial charge in [0.25, 0.3) is 0 Å². The monoisotopic (exact) mass is 198 g/mol. The van der Waals surface area contributed by atoms with E-state index in [0.29, 0.717) is 18.4 Å². The predicted octanol–water partition coefficient (Wildman–Crippen LogP) is -0.714. The summed E-state index contributed by atoms with van der Waals surface area (Å²) < 4.78 is 10.3. The average Bonchev–Trinajstić information content (AvgIpc) is 2.58. The first-order valence-electron chi connectivity index (χ1n) is 5.32. The second-order valence-corrected chi connectivity index (χ2v) is 3.81. The summed E-state index contributed by atoms with van der Waals surface area (Å²) in [5.41, 5.74) is 0. The second-order valence-electron chi connectivity index (χ2n) is 3.81. The number of hydrogen-bond acceptors (Lipinski definition) is 4. The van der Waals surface area contributed by atoms with Crippen LogP contribution in [0.4, 0.5) is 0 Å². The minimum absolute atomic E-state index is 0.238.